The number of hydrogen-bond acceptors (Lipinski definition) is 5. The van der Waals surface area contributed by atoms with E-state index in [-0.39, 0.29) is 0 Å². The van der Waals surface area contributed by atoms with Gasteiger partial charge in [-0.2, -0.15) is 0 Å². The Balaban J connectivity index is 0.000000111. The van der Waals surface area contributed by atoms with E-state index in [0.29, 0.717) is 0 Å². The maximum absolute atomic E-state index is 12.5. The molecule has 0 fully saturated rings. The monoisotopic (exact) mass is 1210 g/mol. The molecule has 0 aromatic heterocycles. The average Bonchev–Trinajstić information content (AvgIpc) is 2.95. The third kappa shape index (κ3) is 11.3. The van der Waals surface area contributed by atoms with E-state index in [1.54, 1.807) is 0 Å². The molecule has 5 nitrogen and oxygen atoms in total. The van der Waals surface area contributed by atoms with Crippen LogP contribution < -0.4 is 0 Å². The van der Waals surface area contributed by atoms with E-state index >= 15 is 0 Å². The lowest BCUT2D eigenvalue weighted by atomic mass is 9.96. The van der Waals surface area contributed by atoms with Gasteiger partial charge in [0.15, 0.2) is 0 Å². The molecule has 10 aromatic carbocycles. The molecule has 0 radical (unpaired) electrons. The molecule has 5 atom stereocenters. The molecule has 0 amide bonds. The van der Waals surface area contributed by atoms with Crippen molar-refractivity contribution in [3.05, 3.63) is 238 Å². The second-order valence-corrected chi connectivity index (χ2v) is 29.2. The van der Waals surface area contributed by atoms with Gasteiger partial charge in [-0.15, -0.1) is 0 Å². The predicted molar refractivity (Wildman–Crippen MR) is 353 cm³/mol. The van der Waals surface area contributed by atoms with Gasteiger partial charge in [-0.1, -0.05) is 167 Å². The van der Waals surface area contributed by atoms with Gasteiger partial charge in [0.2, 0.25) is 0 Å². The van der Waals surface area contributed by atoms with Crippen molar-refractivity contribution in [1.82, 2.24) is 0 Å². The molecule has 0 saturated carbocycles. The fourth-order valence-corrected chi connectivity index (χ4v) is 19.3. The maximum atomic E-state index is 12.5. The number of benzene rings is 10. The topological polar surface area (TPSA) is 85.3 Å². The highest BCUT2D eigenvalue weighted by Crippen LogP contribution is 2.47. The number of rotatable bonds is 5. The molecule has 430 valence electrons. The van der Waals surface area contributed by atoms with Crippen molar-refractivity contribution in [2.24, 2.45) is 0 Å². The summed E-state index contributed by atoms with van der Waals surface area (Å²) in [5, 5.41) is 0. The molecule has 0 saturated heterocycles. The van der Waals surface area contributed by atoms with Crippen LogP contribution in [0.1, 0.15) is 90.3 Å². The van der Waals surface area contributed by atoms with Crippen molar-refractivity contribution < 1.29 is 21.0 Å². The van der Waals surface area contributed by atoms with Gasteiger partial charge in [-0.3, -0.25) is 0 Å². The minimum atomic E-state index is -0.996. The fourth-order valence-electron chi connectivity index (χ4n) is 11.8. The van der Waals surface area contributed by atoms with E-state index in [1.165, 1.54) is 50.1 Å². The lowest BCUT2D eigenvalue weighted by Crippen LogP contribution is -1.93. The first-order valence-corrected chi connectivity index (χ1v) is 35.1. The largest absolute Gasteiger partial charge is 0.249 e. The summed E-state index contributed by atoms with van der Waals surface area (Å²) in [6, 6.07) is 62.1. The van der Waals surface area contributed by atoms with E-state index < -0.39 is 54.0 Å². The number of fused-ring (bicyclic) bond motifs is 15. The Hall–Kier alpha value is -7.05. The predicted octanol–water partition coefficient (Wildman–Crippen LogP) is 18.5. The van der Waals surface area contributed by atoms with Crippen LogP contribution in [0.5, 0.6) is 0 Å². The Bertz CT molecular complexity index is 4460. The minimum Gasteiger partial charge on any atom is -0.249 e. The summed E-state index contributed by atoms with van der Waals surface area (Å²) in [4.78, 5) is 9.74. The highest BCUT2D eigenvalue weighted by atomic mass is 32.2. The highest BCUT2D eigenvalue weighted by Gasteiger charge is 2.31. The van der Waals surface area contributed by atoms with E-state index in [0.717, 1.165) is 142 Å². The smallest absolute Gasteiger partial charge is 0.0865 e. The molecule has 0 N–H and O–H groups in total. The molecule has 85 heavy (non-hydrogen) atoms. The first kappa shape index (κ1) is 59.7. The lowest BCUT2D eigenvalue weighted by molar-refractivity contribution is 0.683. The van der Waals surface area contributed by atoms with Crippen molar-refractivity contribution in [2.45, 2.75) is 150 Å². The highest BCUT2D eigenvalue weighted by molar-refractivity contribution is 7.87. The van der Waals surface area contributed by atoms with E-state index in [4.69, 9.17) is 0 Å². The van der Waals surface area contributed by atoms with Crippen LogP contribution in [-0.4, -0.2) is 21.0 Å². The van der Waals surface area contributed by atoms with Crippen LogP contribution in [0.25, 0.3) is 55.6 Å². The van der Waals surface area contributed by atoms with Gasteiger partial charge < -0.3 is 0 Å². The van der Waals surface area contributed by atoms with Crippen LogP contribution in [0, 0.1) is 34.6 Å². The summed E-state index contributed by atoms with van der Waals surface area (Å²) < 4.78 is 62.0. The Kier molecular flexibility index (Phi) is 17.6. The number of aryl methyl sites for hydroxylation is 10. The summed E-state index contributed by atoms with van der Waals surface area (Å²) in [5.74, 6) is 0. The first-order chi connectivity index (χ1) is 41.1. The van der Waals surface area contributed by atoms with Crippen LogP contribution in [0.15, 0.2) is 231 Å². The molecule has 0 spiro atoms. The zero-order chi connectivity index (χ0) is 60.0. The van der Waals surface area contributed by atoms with Crippen molar-refractivity contribution >= 4 is 54.0 Å². The summed E-state index contributed by atoms with van der Waals surface area (Å²) in [6.45, 7) is 21.0. The zero-order valence-corrected chi connectivity index (χ0v) is 54.0. The van der Waals surface area contributed by atoms with E-state index in [9.17, 15) is 21.0 Å². The molecular formula is C75H70O5S5. The Labute approximate surface area is 514 Å². The van der Waals surface area contributed by atoms with Gasteiger partial charge >= 0.3 is 0 Å². The number of hydrogen-bond donors (Lipinski definition) is 0. The van der Waals surface area contributed by atoms with Crippen LogP contribution in [0.4, 0.5) is 0 Å². The van der Waals surface area contributed by atoms with Gasteiger partial charge in [0.25, 0.3) is 0 Å². The van der Waals surface area contributed by atoms with E-state index in [1.807, 2.05) is 86.6 Å². The summed E-state index contributed by atoms with van der Waals surface area (Å²) in [6.07, 6.45) is 4.98. The lowest BCUT2D eigenvalue weighted by Gasteiger charge is -2.08. The van der Waals surface area contributed by atoms with Crippen LogP contribution in [-0.2, 0) is 86.1 Å². The van der Waals surface area contributed by atoms with Gasteiger partial charge in [0.1, 0.15) is 0 Å². The zero-order valence-electron chi connectivity index (χ0n) is 49.9. The Morgan fingerprint density at radius 1 is 0.259 bits per heavy atom. The molecule has 5 aliphatic heterocycles. The molecule has 5 aliphatic rings. The molecular weight excluding hydrogens is 1140 g/mol. The SMILES string of the molecule is CCc1cc(C)c2c(c1)-c1ccccc1S2=O.CCc1ccc(C)c2c1-c1ccccc1S2=O.CCc1ccc2c(c1)-c1cc(C)ccc1S2=O.CCc1ccc2c(c1)S(=O)c1cc(C)ccc1-2.CCc1ccc2c(c1)S(=O)c1ccc(C)cc1-2. The Morgan fingerprint density at radius 3 is 1.24 bits per heavy atom. The van der Waals surface area contributed by atoms with Crippen LogP contribution in [0.3, 0.4) is 0 Å². The second kappa shape index (κ2) is 25.1. The molecule has 5 heterocycles. The Morgan fingerprint density at radius 2 is 0.647 bits per heavy atom. The van der Waals surface area contributed by atoms with Crippen LogP contribution >= 0.6 is 0 Å². The summed E-state index contributed by atoms with van der Waals surface area (Å²) in [7, 11) is -4.97. The molecule has 0 bridgehead atoms. The quantitative estimate of drug-likeness (QED) is 0.171. The summed E-state index contributed by atoms with van der Waals surface area (Å²) >= 11 is 0. The van der Waals surface area contributed by atoms with Crippen molar-refractivity contribution in [1.29, 1.82) is 0 Å². The maximum Gasteiger partial charge on any atom is 0.0865 e. The normalized spacial score (nSPS) is 16.7. The van der Waals surface area contributed by atoms with Crippen molar-refractivity contribution in [3.63, 3.8) is 0 Å². The molecule has 10 aromatic rings. The van der Waals surface area contributed by atoms with Gasteiger partial charge in [0.05, 0.1) is 103 Å². The minimum absolute atomic E-state index is 0.957. The molecule has 0 aliphatic carbocycles. The molecule has 15 rings (SSSR count). The molecule has 5 unspecified atom stereocenters. The van der Waals surface area contributed by atoms with Crippen LogP contribution in [0.2, 0.25) is 0 Å². The third-order valence-electron chi connectivity index (χ3n) is 16.5. The molecule has 10 heteroatoms. The third-order valence-corrected chi connectivity index (χ3v) is 24.3. The van der Waals surface area contributed by atoms with Crippen molar-refractivity contribution in [3.8, 4) is 55.6 Å². The second-order valence-electron chi connectivity index (χ2n) is 22.1. The summed E-state index contributed by atoms with van der Waals surface area (Å²) in [5.41, 5.74) is 23.8. The fraction of sp³-hybridized carbons (Fsp3) is 0.200. The van der Waals surface area contributed by atoms with Gasteiger partial charge in [0, 0.05) is 5.56 Å². The average molecular weight is 1210 g/mol. The van der Waals surface area contributed by atoms with Gasteiger partial charge in [-0.05, 0) is 222 Å². The van der Waals surface area contributed by atoms with Crippen molar-refractivity contribution in [2.75, 3.05) is 0 Å². The van der Waals surface area contributed by atoms with Gasteiger partial charge in [-0.25, -0.2) is 21.0 Å². The standard InChI is InChI=1S/5C15H14OS/c1-3-11-5-6-12-13-8-10(2)4-7-14(13)17(16)15(12)9-11;1-3-11-5-7-15-13(9-11)12-8-10(2)4-6-14(12)17(15)16;1-3-11-5-7-13-12-6-4-10(2)8-14(12)17(16)15(13)9-11;1-3-11-8-10(2)15-13(9-11)12-6-4-5-7-14(12)17(15)16;1-3-11-9-8-10(2)15-14(11)12-6-4-5-7-13(12)17(15)16/h5*4-9H,3H2,1-2H3. The van der Waals surface area contributed by atoms with E-state index in [2.05, 4.69) is 165 Å². The first-order valence-electron chi connectivity index (χ1n) is 29.3.